The van der Waals surface area contributed by atoms with Crippen LogP contribution in [0.3, 0.4) is 0 Å². The zero-order chi connectivity index (χ0) is 16.8. The van der Waals surface area contributed by atoms with Crippen molar-refractivity contribution in [2.45, 2.75) is 25.6 Å². The van der Waals surface area contributed by atoms with Crippen LogP contribution in [0.1, 0.15) is 18.3 Å². The lowest BCUT2D eigenvalue weighted by Gasteiger charge is -2.15. The summed E-state index contributed by atoms with van der Waals surface area (Å²) in [5.41, 5.74) is 3.45. The molecule has 0 unspecified atom stereocenters. The molecule has 0 aliphatic heterocycles. The van der Waals surface area contributed by atoms with Crippen LogP contribution in [0.5, 0.6) is 0 Å². The molecule has 0 fully saturated rings. The van der Waals surface area contributed by atoms with Gasteiger partial charge in [-0.15, -0.1) is 0 Å². The number of fused-ring (bicyclic) bond motifs is 1. The van der Waals surface area contributed by atoms with Crippen LogP contribution in [0.25, 0.3) is 11.0 Å². The Morgan fingerprint density at radius 1 is 1.26 bits per heavy atom. The maximum Gasteiger partial charge on any atom is 0.329 e. The first-order valence-electron chi connectivity index (χ1n) is 7.16. The summed E-state index contributed by atoms with van der Waals surface area (Å²) in [5, 5.41) is 2.59. The molecule has 2 aromatic rings. The monoisotopic (exact) mass is 333 g/mol. The molecule has 0 aliphatic rings. The Balaban J connectivity index is 2.03. The third-order valence-electron chi connectivity index (χ3n) is 3.23. The Morgan fingerprint density at radius 3 is 2.52 bits per heavy atom. The number of aromatic nitrogens is 2. The highest BCUT2D eigenvalue weighted by Crippen LogP contribution is 2.18. The first-order valence-corrected chi connectivity index (χ1v) is 8.31. The third kappa shape index (κ3) is 4.66. The van der Waals surface area contributed by atoms with Crippen molar-refractivity contribution in [3.63, 3.8) is 0 Å². The van der Waals surface area contributed by atoms with Crippen molar-refractivity contribution in [1.82, 2.24) is 15.3 Å². The Labute approximate surface area is 139 Å². The molecule has 23 heavy (non-hydrogen) atoms. The van der Waals surface area contributed by atoms with Crippen molar-refractivity contribution in [3.8, 4) is 0 Å². The van der Waals surface area contributed by atoms with Gasteiger partial charge in [-0.2, -0.15) is 11.8 Å². The van der Waals surface area contributed by atoms with E-state index in [0.29, 0.717) is 11.5 Å². The molecule has 0 saturated heterocycles. The summed E-state index contributed by atoms with van der Waals surface area (Å²) in [7, 11) is 1.31. The fourth-order valence-electron chi connectivity index (χ4n) is 2.09. The Hall–Kier alpha value is -2.15. The molecule has 1 aromatic carbocycles. The van der Waals surface area contributed by atoms with Gasteiger partial charge in [-0.3, -0.25) is 4.79 Å². The van der Waals surface area contributed by atoms with Crippen molar-refractivity contribution in [1.29, 1.82) is 0 Å². The van der Waals surface area contributed by atoms with E-state index in [9.17, 15) is 9.59 Å². The van der Waals surface area contributed by atoms with Gasteiger partial charge in [-0.25, -0.2) is 14.8 Å². The van der Waals surface area contributed by atoms with E-state index in [2.05, 4.69) is 15.3 Å². The van der Waals surface area contributed by atoms with Gasteiger partial charge in [0.1, 0.15) is 6.04 Å². The fourth-order valence-corrected chi connectivity index (χ4v) is 3.13. The fraction of sp³-hybridized carbons (Fsp3) is 0.375. The number of esters is 1. The summed E-state index contributed by atoms with van der Waals surface area (Å²) in [6.45, 7) is 3.29. The summed E-state index contributed by atoms with van der Waals surface area (Å²) in [4.78, 5) is 32.0. The standard InChI is InChI=1S/C16H19N3O3S/c1-10-14(19-13-7-5-4-6-12(13)17-10)8-23-9-15(16(21)22-3)18-11(2)20/h4-7,15H,8-9H2,1-3H3,(H,18,20)/t15-/m0/s1. The number of carbonyl (C=O) groups is 2. The number of carbonyl (C=O) groups excluding carboxylic acids is 2. The average molecular weight is 333 g/mol. The zero-order valence-electron chi connectivity index (χ0n) is 13.3. The van der Waals surface area contributed by atoms with Gasteiger partial charge >= 0.3 is 5.97 Å². The maximum absolute atomic E-state index is 11.7. The predicted octanol–water partition coefficient (Wildman–Crippen LogP) is 1.85. The van der Waals surface area contributed by atoms with Crippen LogP contribution in [-0.2, 0) is 20.1 Å². The van der Waals surface area contributed by atoms with E-state index in [0.717, 1.165) is 22.4 Å². The molecule has 0 radical (unpaired) electrons. The molecular weight excluding hydrogens is 314 g/mol. The zero-order valence-corrected chi connectivity index (χ0v) is 14.1. The first kappa shape index (κ1) is 17.2. The average Bonchev–Trinajstić information content (AvgIpc) is 2.53. The highest BCUT2D eigenvalue weighted by atomic mass is 32.2. The number of benzene rings is 1. The first-order chi connectivity index (χ1) is 11.0. The van der Waals surface area contributed by atoms with Gasteiger partial charge < -0.3 is 10.1 Å². The number of aryl methyl sites for hydroxylation is 1. The summed E-state index contributed by atoms with van der Waals surface area (Å²) >= 11 is 1.50. The van der Waals surface area contributed by atoms with Crippen LogP contribution in [0.4, 0.5) is 0 Å². The third-order valence-corrected chi connectivity index (χ3v) is 4.28. The number of hydrogen-bond donors (Lipinski definition) is 1. The molecule has 1 aromatic heterocycles. The highest BCUT2D eigenvalue weighted by molar-refractivity contribution is 7.98. The second kappa shape index (κ2) is 7.92. The summed E-state index contributed by atoms with van der Waals surface area (Å²) < 4.78 is 4.70. The molecule has 0 saturated carbocycles. The number of nitrogens with one attached hydrogen (secondary N) is 1. The predicted molar refractivity (Wildman–Crippen MR) is 90.1 cm³/mol. The second-order valence-electron chi connectivity index (χ2n) is 5.04. The number of amides is 1. The van der Waals surface area contributed by atoms with E-state index in [-0.39, 0.29) is 5.91 Å². The van der Waals surface area contributed by atoms with Gasteiger partial charge in [0.15, 0.2) is 0 Å². The lowest BCUT2D eigenvalue weighted by molar-refractivity contribution is -0.144. The van der Waals surface area contributed by atoms with Crippen LogP contribution in [0.2, 0.25) is 0 Å². The molecule has 0 bridgehead atoms. The number of ether oxygens (including phenoxy) is 1. The highest BCUT2D eigenvalue weighted by Gasteiger charge is 2.20. The Bertz CT molecular complexity index is 721. The molecule has 0 spiro atoms. The molecule has 1 amide bonds. The van der Waals surface area contributed by atoms with Crippen LogP contribution < -0.4 is 5.32 Å². The van der Waals surface area contributed by atoms with Crippen molar-refractivity contribution >= 4 is 34.7 Å². The van der Waals surface area contributed by atoms with Crippen molar-refractivity contribution < 1.29 is 14.3 Å². The van der Waals surface area contributed by atoms with Crippen LogP contribution in [0.15, 0.2) is 24.3 Å². The van der Waals surface area contributed by atoms with Gasteiger partial charge in [-0.1, -0.05) is 12.1 Å². The summed E-state index contributed by atoms with van der Waals surface area (Å²) in [6.07, 6.45) is 0. The molecule has 1 heterocycles. The van der Waals surface area contributed by atoms with E-state index in [1.165, 1.54) is 25.8 Å². The number of hydrogen-bond acceptors (Lipinski definition) is 6. The molecule has 0 aliphatic carbocycles. The van der Waals surface area contributed by atoms with E-state index in [1.54, 1.807) is 0 Å². The molecule has 122 valence electrons. The molecule has 2 rings (SSSR count). The minimum Gasteiger partial charge on any atom is -0.467 e. The normalized spacial score (nSPS) is 12.0. The topological polar surface area (TPSA) is 81.2 Å². The number of nitrogens with zero attached hydrogens (tertiary/aromatic N) is 2. The lowest BCUT2D eigenvalue weighted by Crippen LogP contribution is -2.42. The summed E-state index contributed by atoms with van der Waals surface area (Å²) in [6, 6.07) is 7.05. The van der Waals surface area contributed by atoms with E-state index >= 15 is 0 Å². The summed E-state index contributed by atoms with van der Waals surface area (Å²) in [5.74, 6) is 0.313. The van der Waals surface area contributed by atoms with E-state index < -0.39 is 12.0 Å². The quantitative estimate of drug-likeness (QED) is 0.813. The second-order valence-corrected chi connectivity index (χ2v) is 6.07. The molecule has 1 atom stereocenters. The van der Waals surface area contributed by atoms with E-state index in [1.807, 2.05) is 31.2 Å². The molecule has 6 nitrogen and oxygen atoms in total. The minimum atomic E-state index is -0.656. The van der Waals surface area contributed by atoms with Gasteiger partial charge in [0.25, 0.3) is 0 Å². The van der Waals surface area contributed by atoms with Gasteiger partial charge in [0, 0.05) is 18.4 Å². The van der Waals surface area contributed by atoms with Gasteiger partial charge in [-0.05, 0) is 19.1 Å². The van der Waals surface area contributed by atoms with Gasteiger partial charge in [0.2, 0.25) is 5.91 Å². The van der Waals surface area contributed by atoms with E-state index in [4.69, 9.17) is 4.74 Å². The molecule has 1 N–H and O–H groups in total. The molecule has 7 heteroatoms. The smallest absolute Gasteiger partial charge is 0.329 e. The van der Waals surface area contributed by atoms with Crippen molar-refractivity contribution in [3.05, 3.63) is 35.7 Å². The van der Waals surface area contributed by atoms with Crippen molar-refractivity contribution in [2.24, 2.45) is 0 Å². The van der Waals surface area contributed by atoms with Crippen LogP contribution in [0, 0.1) is 6.92 Å². The van der Waals surface area contributed by atoms with Crippen LogP contribution in [-0.4, -0.2) is 40.7 Å². The number of thioether (sulfide) groups is 1. The lowest BCUT2D eigenvalue weighted by atomic mass is 10.2. The number of methoxy groups -OCH3 is 1. The number of para-hydroxylation sites is 2. The van der Waals surface area contributed by atoms with Gasteiger partial charge in [0.05, 0.1) is 29.5 Å². The maximum atomic E-state index is 11.7. The minimum absolute atomic E-state index is 0.261. The van der Waals surface area contributed by atoms with Crippen molar-refractivity contribution in [2.75, 3.05) is 12.9 Å². The number of rotatable bonds is 6. The molecular formula is C16H19N3O3S. The SMILES string of the molecule is COC(=O)[C@H](CSCc1nc2ccccc2nc1C)NC(C)=O. The Kier molecular flexibility index (Phi) is 5.92. The largest absolute Gasteiger partial charge is 0.467 e. The van der Waals surface area contributed by atoms with Crippen LogP contribution >= 0.6 is 11.8 Å². The Morgan fingerprint density at radius 2 is 1.91 bits per heavy atom.